The highest BCUT2D eigenvalue weighted by Crippen LogP contribution is 2.08. The number of nitrogens with zero attached hydrogens (tertiary/aromatic N) is 2. The minimum absolute atomic E-state index is 0.183. The van der Waals surface area contributed by atoms with E-state index in [0.717, 1.165) is 38.4 Å². The molecule has 1 saturated heterocycles. The quantitative estimate of drug-likeness (QED) is 0.495. The van der Waals surface area contributed by atoms with Crippen LogP contribution in [0.5, 0.6) is 0 Å². The van der Waals surface area contributed by atoms with Crippen LogP contribution in [-0.2, 0) is 0 Å². The van der Waals surface area contributed by atoms with Crippen LogP contribution in [0, 0.1) is 0 Å². The average molecular weight is 219 g/mol. The van der Waals surface area contributed by atoms with Crippen molar-refractivity contribution in [2.45, 2.75) is 25.7 Å². The summed E-state index contributed by atoms with van der Waals surface area (Å²) in [4.78, 5) is 15.2. The summed E-state index contributed by atoms with van der Waals surface area (Å²) in [5.41, 5.74) is 0. The lowest BCUT2D eigenvalue weighted by Gasteiger charge is -2.15. The molecule has 1 aliphatic rings. The molecule has 82 valence electrons. The van der Waals surface area contributed by atoms with Crippen LogP contribution in [-0.4, -0.2) is 48.4 Å². The zero-order chi connectivity index (χ0) is 10.4. The Morgan fingerprint density at radius 2 is 1.93 bits per heavy atom. The second kappa shape index (κ2) is 6.12. The maximum absolute atomic E-state index is 11.5. The van der Waals surface area contributed by atoms with Gasteiger partial charge in [-0.2, -0.15) is 0 Å². The van der Waals surface area contributed by atoms with Gasteiger partial charge in [0.1, 0.15) is 0 Å². The van der Waals surface area contributed by atoms with Gasteiger partial charge in [-0.1, -0.05) is 12.8 Å². The number of carbonyl (C=O) groups excluding carboxylic acids is 1. The first kappa shape index (κ1) is 11.6. The van der Waals surface area contributed by atoms with Crippen LogP contribution in [0.4, 0.5) is 4.79 Å². The SMILES string of the molecule is CN1CCN(CCCCCCCl)C1=O. The first-order valence-electron chi connectivity index (χ1n) is 5.31. The highest BCUT2D eigenvalue weighted by Gasteiger charge is 2.23. The minimum atomic E-state index is 0.183. The molecular formula is C10H19ClN2O. The molecule has 1 heterocycles. The number of likely N-dealkylation sites (N-methyl/N-ethyl adjacent to an activating group) is 1. The molecule has 0 unspecified atom stereocenters. The molecule has 1 fully saturated rings. The maximum atomic E-state index is 11.5. The third-order valence-corrected chi connectivity index (χ3v) is 2.88. The third-order valence-electron chi connectivity index (χ3n) is 2.61. The van der Waals surface area contributed by atoms with Gasteiger partial charge in [-0.05, 0) is 12.8 Å². The van der Waals surface area contributed by atoms with E-state index in [1.54, 1.807) is 4.90 Å². The van der Waals surface area contributed by atoms with Crippen LogP contribution < -0.4 is 0 Å². The van der Waals surface area contributed by atoms with E-state index in [4.69, 9.17) is 11.6 Å². The molecule has 1 rings (SSSR count). The molecule has 14 heavy (non-hydrogen) atoms. The van der Waals surface area contributed by atoms with Crippen molar-refractivity contribution in [1.82, 2.24) is 9.80 Å². The second-order valence-corrected chi connectivity index (χ2v) is 4.17. The summed E-state index contributed by atoms with van der Waals surface area (Å²) in [5, 5.41) is 0. The van der Waals surface area contributed by atoms with Crippen molar-refractivity contribution in [2.24, 2.45) is 0 Å². The Kier molecular flexibility index (Phi) is 5.09. The summed E-state index contributed by atoms with van der Waals surface area (Å²) in [6.45, 7) is 2.68. The van der Waals surface area contributed by atoms with Gasteiger partial charge in [0, 0.05) is 32.6 Å². The Morgan fingerprint density at radius 1 is 1.21 bits per heavy atom. The van der Waals surface area contributed by atoms with Crippen LogP contribution in [0.2, 0.25) is 0 Å². The molecular weight excluding hydrogens is 200 g/mol. The van der Waals surface area contributed by atoms with Gasteiger partial charge in [-0.15, -0.1) is 11.6 Å². The van der Waals surface area contributed by atoms with Crippen molar-refractivity contribution in [1.29, 1.82) is 0 Å². The Hall–Kier alpha value is -0.440. The monoisotopic (exact) mass is 218 g/mol. The summed E-state index contributed by atoms with van der Waals surface area (Å²) >= 11 is 5.58. The second-order valence-electron chi connectivity index (χ2n) is 3.79. The largest absolute Gasteiger partial charge is 0.326 e. The highest BCUT2D eigenvalue weighted by atomic mass is 35.5. The van der Waals surface area contributed by atoms with Crippen molar-refractivity contribution in [3.63, 3.8) is 0 Å². The first-order chi connectivity index (χ1) is 6.75. The van der Waals surface area contributed by atoms with Crippen LogP contribution >= 0.6 is 11.6 Å². The number of urea groups is 1. The van der Waals surface area contributed by atoms with Crippen molar-refractivity contribution < 1.29 is 4.79 Å². The van der Waals surface area contributed by atoms with E-state index in [1.165, 1.54) is 12.8 Å². The lowest BCUT2D eigenvalue weighted by Crippen LogP contribution is -2.30. The van der Waals surface area contributed by atoms with E-state index in [1.807, 2.05) is 11.9 Å². The predicted octanol–water partition coefficient (Wildman–Crippen LogP) is 2.15. The Bertz CT molecular complexity index is 187. The number of alkyl halides is 1. The number of hydrogen-bond acceptors (Lipinski definition) is 1. The fraction of sp³-hybridized carbons (Fsp3) is 0.900. The van der Waals surface area contributed by atoms with Gasteiger partial charge < -0.3 is 9.80 Å². The number of halogens is 1. The van der Waals surface area contributed by atoms with E-state index < -0.39 is 0 Å². The number of unbranched alkanes of at least 4 members (excludes halogenated alkanes) is 3. The van der Waals surface area contributed by atoms with Gasteiger partial charge in [0.25, 0.3) is 0 Å². The summed E-state index contributed by atoms with van der Waals surface area (Å²) < 4.78 is 0. The average Bonchev–Trinajstić information content (AvgIpc) is 2.49. The number of carbonyl (C=O) groups is 1. The van der Waals surface area contributed by atoms with E-state index in [0.29, 0.717) is 0 Å². The van der Waals surface area contributed by atoms with Gasteiger partial charge in [-0.3, -0.25) is 0 Å². The highest BCUT2D eigenvalue weighted by molar-refractivity contribution is 6.17. The van der Waals surface area contributed by atoms with Gasteiger partial charge in [0.15, 0.2) is 0 Å². The lowest BCUT2D eigenvalue weighted by molar-refractivity contribution is 0.198. The normalized spacial score (nSPS) is 16.9. The van der Waals surface area contributed by atoms with Gasteiger partial charge in [0.2, 0.25) is 0 Å². The molecule has 0 radical (unpaired) electrons. The van der Waals surface area contributed by atoms with Gasteiger partial charge in [-0.25, -0.2) is 4.79 Å². The van der Waals surface area contributed by atoms with Crippen LogP contribution in [0.3, 0.4) is 0 Å². The molecule has 0 N–H and O–H groups in total. The molecule has 0 aromatic heterocycles. The fourth-order valence-corrected chi connectivity index (χ4v) is 1.85. The zero-order valence-electron chi connectivity index (χ0n) is 8.84. The molecule has 0 aromatic carbocycles. The first-order valence-corrected chi connectivity index (χ1v) is 5.85. The summed E-state index contributed by atoms with van der Waals surface area (Å²) in [5.74, 6) is 0.755. The zero-order valence-corrected chi connectivity index (χ0v) is 9.59. The molecule has 0 saturated carbocycles. The minimum Gasteiger partial charge on any atom is -0.326 e. The van der Waals surface area contributed by atoms with Crippen molar-refractivity contribution in [2.75, 3.05) is 32.6 Å². The smallest absolute Gasteiger partial charge is 0.319 e. The molecule has 3 nitrogen and oxygen atoms in total. The van der Waals surface area contributed by atoms with Crippen molar-refractivity contribution >= 4 is 17.6 Å². The molecule has 1 aliphatic heterocycles. The number of amides is 2. The molecule has 0 bridgehead atoms. The predicted molar refractivity (Wildman–Crippen MR) is 58.8 cm³/mol. The van der Waals surface area contributed by atoms with Crippen molar-refractivity contribution in [3.05, 3.63) is 0 Å². The van der Waals surface area contributed by atoms with Gasteiger partial charge >= 0.3 is 6.03 Å². The summed E-state index contributed by atoms with van der Waals surface area (Å²) in [7, 11) is 1.86. The Balaban J connectivity index is 2.04. The lowest BCUT2D eigenvalue weighted by atomic mass is 10.2. The molecule has 4 heteroatoms. The number of hydrogen-bond donors (Lipinski definition) is 0. The molecule has 2 amide bonds. The fourth-order valence-electron chi connectivity index (χ4n) is 1.66. The van der Waals surface area contributed by atoms with E-state index >= 15 is 0 Å². The molecule has 0 atom stereocenters. The molecule has 0 aromatic rings. The van der Waals surface area contributed by atoms with Crippen LogP contribution in [0.25, 0.3) is 0 Å². The Labute approximate surface area is 91.0 Å². The summed E-state index contributed by atoms with van der Waals surface area (Å²) in [6, 6.07) is 0.183. The topological polar surface area (TPSA) is 23.6 Å². The van der Waals surface area contributed by atoms with Gasteiger partial charge in [0.05, 0.1) is 0 Å². The van der Waals surface area contributed by atoms with Crippen molar-refractivity contribution in [3.8, 4) is 0 Å². The standard InChI is InChI=1S/C10H19ClN2O/c1-12-8-9-13(10(12)14)7-5-3-2-4-6-11/h2-9H2,1H3. The van der Waals surface area contributed by atoms with Crippen LogP contribution in [0.1, 0.15) is 25.7 Å². The summed E-state index contributed by atoms with van der Waals surface area (Å²) in [6.07, 6.45) is 4.56. The van der Waals surface area contributed by atoms with E-state index in [9.17, 15) is 4.79 Å². The van der Waals surface area contributed by atoms with Crippen LogP contribution in [0.15, 0.2) is 0 Å². The molecule has 0 aliphatic carbocycles. The molecule has 0 spiro atoms. The Morgan fingerprint density at radius 3 is 2.50 bits per heavy atom. The number of rotatable bonds is 6. The van der Waals surface area contributed by atoms with E-state index in [2.05, 4.69) is 0 Å². The van der Waals surface area contributed by atoms with E-state index in [-0.39, 0.29) is 6.03 Å². The third kappa shape index (κ3) is 3.37. The maximum Gasteiger partial charge on any atom is 0.319 e.